The first-order valence-electron chi connectivity index (χ1n) is 10.2. The second-order valence-corrected chi connectivity index (χ2v) is 9.50. The van der Waals surface area contributed by atoms with Crippen molar-refractivity contribution in [3.05, 3.63) is 0 Å². The Balaban J connectivity index is 0.000000754. The molecule has 0 amide bonds. The van der Waals surface area contributed by atoms with E-state index in [2.05, 4.69) is 13.8 Å². The van der Waals surface area contributed by atoms with Gasteiger partial charge in [0, 0.05) is 32.8 Å². The van der Waals surface area contributed by atoms with Gasteiger partial charge in [0.25, 0.3) is 0 Å². The Labute approximate surface area is 151 Å². The molecule has 0 aromatic heterocycles. The van der Waals surface area contributed by atoms with Crippen LogP contribution in [0.15, 0.2) is 0 Å². The lowest BCUT2D eigenvalue weighted by atomic mass is 10.2. The summed E-state index contributed by atoms with van der Waals surface area (Å²) in [5, 5.41) is 0. The predicted octanol–water partition coefficient (Wildman–Crippen LogP) is 5.58. The molecule has 5 heteroatoms. The lowest BCUT2D eigenvalue weighted by Gasteiger charge is -2.48. The second-order valence-electron chi connectivity index (χ2n) is 6.15. The highest BCUT2D eigenvalue weighted by atomic mass is 28.4. The lowest BCUT2D eigenvalue weighted by Crippen LogP contribution is -2.67. The fourth-order valence-electron chi connectivity index (χ4n) is 3.34. The molecule has 0 unspecified atom stereocenters. The van der Waals surface area contributed by atoms with Crippen LogP contribution in [0, 0.1) is 0 Å². The van der Waals surface area contributed by atoms with Gasteiger partial charge in [-0.25, -0.2) is 0 Å². The molecule has 0 spiro atoms. The van der Waals surface area contributed by atoms with Crippen LogP contribution in [0.4, 0.5) is 0 Å². The van der Waals surface area contributed by atoms with Crippen molar-refractivity contribution in [3.63, 3.8) is 0 Å². The van der Waals surface area contributed by atoms with Crippen LogP contribution in [0.1, 0.15) is 86.5 Å². The molecule has 24 heavy (non-hydrogen) atoms. The maximum Gasteiger partial charge on any atom is 0.399 e. The van der Waals surface area contributed by atoms with E-state index in [1.165, 1.54) is 25.7 Å². The molecule has 0 aliphatic carbocycles. The average molecular weight is 363 g/mol. The van der Waals surface area contributed by atoms with Crippen molar-refractivity contribution >= 4 is 8.56 Å². The molecule has 1 fully saturated rings. The molecule has 0 aromatic rings. The Hall–Kier alpha value is 0.0569. The largest absolute Gasteiger partial charge is 0.399 e. The van der Waals surface area contributed by atoms with E-state index in [0.717, 1.165) is 25.3 Å². The van der Waals surface area contributed by atoms with Gasteiger partial charge in [-0.2, -0.15) is 0 Å². The summed E-state index contributed by atoms with van der Waals surface area (Å²) >= 11 is 0. The quantitative estimate of drug-likeness (QED) is 0.273. The lowest BCUT2D eigenvalue weighted by molar-refractivity contribution is -0.211. The van der Waals surface area contributed by atoms with Crippen molar-refractivity contribution in [2.45, 2.75) is 97.9 Å². The first-order chi connectivity index (χ1) is 11.6. The first-order valence-corrected chi connectivity index (χ1v) is 12.2. The van der Waals surface area contributed by atoms with Crippen molar-refractivity contribution < 1.29 is 18.3 Å². The number of hydrogen-bond donors (Lipinski definition) is 0. The van der Waals surface area contributed by atoms with Gasteiger partial charge in [-0.1, -0.05) is 46.0 Å². The zero-order valence-electron chi connectivity index (χ0n) is 17.1. The highest BCUT2D eigenvalue weighted by molar-refractivity contribution is 6.70. The van der Waals surface area contributed by atoms with E-state index in [9.17, 15) is 0 Å². The molecule has 0 radical (unpaired) electrons. The fraction of sp³-hybridized carbons (Fsp3) is 1.00. The van der Waals surface area contributed by atoms with E-state index in [4.69, 9.17) is 18.3 Å². The van der Waals surface area contributed by atoms with Crippen LogP contribution in [-0.2, 0) is 18.3 Å². The summed E-state index contributed by atoms with van der Waals surface area (Å²) in [6, 6.07) is 0.967. The molecule has 0 N–H and O–H groups in total. The molecule has 4 nitrogen and oxygen atoms in total. The predicted molar refractivity (Wildman–Crippen MR) is 103 cm³/mol. The SMILES string of the molecule is CCCCCC.CCOC1(OCC)CCCC[Si]1(OCC)OCC. The summed E-state index contributed by atoms with van der Waals surface area (Å²) in [7, 11) is -2.45. The molecule has 1 rings (SSSR count). The van der Waals surface area contributed by atoms with Gasteiger partial charge >= 0.3 is 8.56 Å². The Morgan fingerprint density at radius 1 is 0.708 bits per heavy atom. The summed E-state index contributed by atoms with van der Waals surface area (Å²) in [5.41, 5.74) is -0.610. The molecule has 0 bridgehead atoms. The standard InChI is InChI=1S/C13H28O4Si.C6H14/c1-5-14-13(15-6-2)11-9-10-12-18(13,16-7-3)17-8-4;1-3-5-6-4-2/h5-12H2,1-4H3;3-6H2,1-2H3. The Morgan fingerprint density at radius 3 is 1.58 bits per heavy atom. The summed E-state index contributed by atoms with van der Waals surface area (Å²) < 4.78 is 24.2. The number of unbranched alkanes of at least 4 members (excludes halogenated alkanes) is 3. The van der Waals surface area contributed by atoms with Gasteiger partial charge in [-0.3, -0.25) is 0 Å². The number of rotatable bonds is 11. The Kier molecular flexibility index (Phi) is 14.3. The first kappa shape index (κ1) is 24.1. The van der Waals surface area contributed by atoms with E-state index in [0.29, 0.717) is 26.4 Å². The maximum atomic E-state index is 6.10. The molecule has 0 atom stereocenters. The van der Waals surface area contributed by atoms with Gasteiger partial charge in [0.2, 0.25) is 5.41 Å². The van der Waals surface area contributed by atoms with Crippen molar-refractivity contribution in [2.24, 2.45) is 0 Å². The molecule has 1 heterocycles. The van der Waals surface area contributed by atoms with Gasteiger partial charge < -0.3 is 18.3 Å². The van der Waals surface area contributed by atoms with Crippen molar-refractivity contribution in [1.29, 1.82) is 0 Å². The third-order valence-electron chi connectivity index (χ3n) is 4.31. The van der Waals surface area contributed by atoms with E-state index in [-0.39, 0.29) is 0 Å². The van der Waals surface area contributed by atoms with E-state index < -0.39 is 14.0 Å². The average Bonchev–Trinajstić information content (AvgIpc) is 2.57. The molecule has 0 aromatic carbocycles. The minimum Gasteiger partial charge on any atom is -0.392 e. The zero-order chi connectivity index (χ0) is 18.3. The summed E-state index contributed by atoms with van der Waals surface area (Å²) in [5.74, 6) is 0. The van der Waals surface area contributed by atoms with Crippen LogP contribution < -0.4 is 0 Å². The molecular weight excluding hydrogens is 320 g/mol. The van der Waals surface area contributed by atoms with Gasteiger partial charge in [0.1, 0.15) is 0 Å². The smallest absolute Gasteiger partial charge is 0.392 e. The fourth-order valence-corrected chi connectivity index (χ4v) is 7.47. The third kappa shape index (κ3) is 7.12. The highest BCUT2D eigenvalue weighted by Gasteiger charge is 2.61. The summed E-state index contributed by atoms with van der Waals surface area (Å²) in [6.07, 6.45) is 8.69. The van der Waals surface area contributed by atoms with Crippen LogP contribution >= 0.6 is 0 Å². The monoisotopic (exact) mass is 362 g/mol. The minimum absolute atomic E-state index is 0.610. The van der Waals surface area contributed by atoms with Gasteiger partial charge in [-0.15, -0.1) is 0 Å². The summed E-state index contributed by atoms with van der Waals surface area (Å²) in [6.45, 7) is 15.1. The molecule has 1 aliphatic heterocycles. The molecular formula is C19H42O4Si. The van der Waals surface area contributed by atoms with Crippen molar-refractivity contribution in [2.75, 3.05) is 26.4 Å². The van der Waals surface area contributed by atoms with Gasteiger partial charge in [0.15, 0.2) is 0 Å². The number of ether oxygens (including phenoxy) is 2. The summed E-state index contributed by atoms with van der Waals surface area (Å²) in [4.78, 5) is 0. The third-order valence-corrected chi connectivity index (χ3v) is 8.53. The van der Waals surface area contributed by atoms with Crippen LogP contribution in [-0.4, -0.2) is 40.4 Å². The molecule has 0 saturated carbocycles. The van der Waals surface area contributed by atoms with Crippen LogP contribution in [0.3, 0.4) is 0 Å². The van der Waals surface area contributed by atoms with E-state index >= 15 is 0 Å². The van der Waals surface area contributed by atoms with Gasteiger partial charge in [0.05, 0.1) is 0 Å². The van der Waals surface area contributed by atoms with E-state index in [1.54, 1.807) is 0 Å². The van der Waals surface area contributed by atoms with Crippen LogP contribution in [0.25, 0.3) is 0 Å². The van der Waals surface area contributed by atoms with Crippen molar-refractivity contribution in [3.8, 4) is 0 Å². The molecule has 1 aliphatic rings. The Bertz CT molecular complexity index is 236. The van der Waals surface area contributed by atoms with Crippen molar-refractivity contribution in [1.82, 2.24) is 0 Å². The molecule has 146 valence electrons. The Morgan fingerprint density at radius 2 is 1.21 bits per heavy atom. The highest BCUT2D eigenvalue weighted by Crippen LogP contribution is 2.41. The second kappa shape index (κ2) is 14.2. The molecule has 1 saturated heterocycles. The van der Waals surface area contributed by atoms with Gasteiger partial charge in [-0.05, 0) is 40.2 Å². The van der Waals surface area contributed by atoms with Crippen LogP contribution in [0.2, 0.25) is 6.04 Å². The maximum absolute atomic E-state index is 6.10. The normalized spacial score (nSPS) is 18.8. The topological polar surface area (TPSA) is 36.9 Å². The van der Waals surface area contributed by atoms with E-state index in [1.807, 2.05) is 27.7 Å². The minimum atomic E-state index is -2.45. The zero-order valence-corrected chi connectivity index (χ0v) is 18.1. The van der Waals surface area contributed by atoms with Crippen LogP contribution in [0.5, 0.6) is 0 Å². The number of hydrogen-bond acceptors (Lipinski definition) is 4.